The van der Waals surface area contributed by atoms with Gasteiger partial charge in [-0.2, -0.15) is 0 Å². The molecule has 128 valence electrons. The summed E-state index contributed by atoms with van der Waals surface area (Å²) in [5, 5.41) is 7.31. The van der Waals surface area contributed by atoms with Crippen LogP contribution < -0.4 is 10.6 Å². The van der Waals surface area contributed by atoms with Crippen LogP contribution in [-0.4, -0.2) is 13.1 Å². The van der Waals surface area contributed by atoms with Gasteiger partial charge in [0, 0.05) is 13.1 Å². The molecule has 2 heteroatoms. The highest BCUT2D eigenvalue weighted by molar-refractivity contribution is 5.14. The molecule has 0 heterocycles. The summed E-state index contributed by atoms with van der Waals surface area (Å²) >= 11 is 0. The Morgan fingerprint density at radius 3 is 1.58 bits per heavy atom. The molecule has 2 atom stereocenters. The Morgan fingerprint density at radius 2 is 1.12 bits per heavy atom. The number of hydrogen-bond acceptors (Lipinski definition) is 2. The van der Waals surface area contributed by atoms with Gasteiger partial charge in [0.15, 0.2) is 0 Å². The van der Waals surface area contributed by atoms with Crippen LogP contribution in [-0.2, 0) is 13.1 Å². The van der Waals surface area contributed by atoms with Crippen LogP contribution in [0.4, 0.5) is 0 Å². The van der Waals surface area contributed by atoms with Crippen LogP contribution in [0.1, 0.15) is 36.8 Å². The van der Waals surface area contributed by atoms with Gasteiger partial charge >= 0.3 is 0 Å². The standard InChI is InChI=1S/C22H30N2/c1-3-8-19(9-4-1)15-23-17-21-12-7-13-22(14-21)18-24-16-20-10-5-2-6-11-20/h1-6,8-11,21-24H,7,12-18H2. The third-order valence-corrected chi connectivity index (χ3v) is 5.10. The highest BCUT2D eigenvalue weighted by Crippen LogP contribution is 2.28. The lowest BCUT2D eigenvalue weighted by molar-refractivity contribution is 0.252. The molecule has 2 aromatic carbocycles. The molecule has 2 N–H and O–H groups in total. The fourth-order valence-electron chi connectivity index (χ4n) is 3.81. The zero-order chi connectivity index (χ0) is 16.5. The molecular weight excluding hydrogens is 292 g/mol. The first-order valence-corrected chi connectivity index (χ1v) is 9.39. The van der Waals surface area contributed by atoms with E-state index in [9.17, 15) is 0 Å². The van der Waals surface area contributed by atoms with E-state index in [-0.39, 0.29) is 0 Å². The van der Waals surface area contributed by atoms with Gasteiger partial charge in [-0.1, -0.05) is 67.1 Å². The van der Waals surface area contributed by atoms with Crippen molar-refractivity contribution in [1.29, 1.82) is 0 Å². The van der Waals surface area contributed by atoms with E-state index in [0.29, 0.717) is 0 Å². The summed E-state index contributed by atoms with van der Waals surface area (Å²) in [5.41, 5.74) is 2.77. The van der Waals surface area contributed by atoms with Crippen molar-refractivity contribution in [3.05, 3.63) is 71.8 Å². The van der Waals surface area contributed by atoms with E-state index in [1.165, 1.54) is 36.8 Å². The predicted molar refractivity (Wildman–Crippen MR) is 102 cm³/mol. The Bertz CT molecular complexity index is 516. The minimum absolute atomic E-state index is 0.839. The zero-order valence-corrected chi connectivity index (χ0v) is 14.6. The van der Waals surface area contributed by atoms with E-state index in [4.69, 9.17) is 0 Å². The van der Waals surface area contributed by atoms with Crippen LogP contribution in [0, 0.1) is 11.8 Å². The molecular formula is C22H30N2. The van der Waals surface area contributed by atoms with Crippen LogP contribution in [0.2, 0.25) is 0 Å². The van der Waals surface area contributed by atoms with Crippen LogP contribution in [0.15, 0.2) is 60.7 Å². The van der Waals surface area contributed by atoms with Gasteiger partial charge < -0.3 is 10.6 Å². The van der Waals surface area contributed by atoms with E-state index in [0.717, 1.165) is 38.0 Å². The second-order valence-corrected chi connectivity index (χ2v) is 7.13. The van der Waals surface area contributed by atoms with Crippen LogP contribution >= 0.6 is 0 Å². The lowest BCUT2D eigenvalue weighted by atomic mass is 9.81. The van der Waals surface area contributed by atoms with Crippen molar-refractivity contribution in [2.75, 3.05) is 13.1 Å². The van der Waals surface area contributed by atoms with Gasteiger partial charge in [0.2, 0.25) is 0 Å². The van der Waals surface area contributed by atoms with Gasteiger partial charge in [0.1, 0.15) is 0 Å². The van der Waals surface area contributed by atoms with Gasteiger partial charge in [-0.05, 0) is 55.3 Å². The number of rotatable bonds is 8. The van der Waals surface area contributed by atoms with Gasteiger partial charge in [0.25, 0.3) is 0 Å². The topological polar surface area (TPSA) is 24.1 Å². The third kappa shape index (κ3) is 5.77. The first-order valence-electron chi connectivity index (χ1n) is 9.39. The highest BCUT2D eigenvalue weighted by atomic mass is 14.9. The average Bonchev–Trinajstić information content (AvgIpc) is 2.64. The highest BCUT2D eigenvalue weighted by Gasteiger charge is 2.21. The molecule has 2 unspecified atom stereocenters. The lowest BCUT2D eigenvalue weighted by Gasteiger charge is -2.29. The summed E-state index contributed by atoms with van der Waals surface area (Å²) in [6.45, 7) is 4.30. The molecule has 1 aliphatic rings. The summed E-state index contributed by atoms with van der Waals surface area (Å²) < 4.78 is 0. The Hall–Kier alpha value is -1.64. The molecule has 0 saturated heterocycles. The Labute approximate surface area is 146 Å². The molecule has 0 aliphatic heterocycles. The Balaban J connectivity index is 1.33. The van der Waals surface area contributed by atoms with Gasteiger partial charge in [0.05, 0.1) is 0 Å². The van der Waals surface area contributed by atoms with E-state index in [1.54, 1.807) is 0 Å². The average molecular weight is 322 g/mol. The smallest absolute Gasteiger partial charge is 0.0205 e. The van der Waals surface area contributed by atoms with Gasteiger partial charge in [-0.25, -0.2) is 0 Å². The summed E-state index contributed by atoms with van der Waals surface area (Å²) in [6, 6.07) is 21.4. The first kappa shape index (κ1) is 17.2. The summed E-state index contributed by atoms with van der Waals surface area (Å²) in [6.07, 6.45) is 5.52. The van der Waals surface area contributed by atoms with Crippen LogP contribution in [0.3, 0.4) is 0 Å². The maximum Gasteiger partial charge on any atom is 0.0205 e. The predicted octanol–water partition coefficient (Wildman–Crippen LogP) is 4.37. The van der Waals surface area contributed by atoms with Crippen molar-refractivity contribution in [1.82, 2.24) is 10.6 Å². The fraction of sp³-hybridized carbons (Fsp3) is 0.455. The molecule has 0 spiro atoms. The summed E-state index contributed by atoms with van der Waals surface area (Å²) in [5.74, 6) is 1.68. The van der Waals surface area contributed by atoms with E-state index in [1.807, 2.05) is 0 Å². The molecule has 0 aromatic heterocycles. The van der Waals surface area contributed by atoms with Crippen molar-refractivity contribution < 1.29 is 0 Å². The third-order valence-electron chi connectivity index (χ3n) is 5.10. The zero-order valence-electron chi connectivity index (χ0n) is 14.6. The van der Waals surface area contributed by atoms with Crippen LogP contribution in [0.5, 0.6) is 0 Å². The fourth-order valence-corrected chi connectivity index (χ4v) is 3.81. The van der Waals surface area contributed by atoms with Gasteiger partial charge in [-0.3, -0.25) is 0 Å². The number of benzene rings is 2. The Morgan fingerprint density at radius 1 is 0.667 bits per heavy atom. The maximum atomic E-state index is 3.65. The summed E-state index contributed by atoms with van der Waals surface area (Å²) in [7, 11) is 0. The molecule has 2 aromatic rings. The van der Waals surface area contributed by atoms with Crippen molar-refractivity contribution in [3.63, 3.8) is 0 Å². The van der Waals surface area contributed by atoms with Crippen molar-refractivity contribution >= 4 is 0 Å². The van der Waals surface area contributed by atoms with Crippen molar-refractivity contribution in [3.8, 4) is 0 Å². The second kappa shape index (κ2) is 9.61. The number of hydrogen-bond donors (Lipinski definition) is 2. The molecule has 0 amide bonds. The molecule has 0 radical (unpaired) electrons. The maximum absolute atomic E-state index is 3.65. The van der Waals surface area contributed by atoms with E-state index < -0.39 is 0 Å². The molecule has 24 heavy (non-hydrogen) atoms. The van der Waals surface area contributed by atoms with E-state index in [2.05, 4.69) is 71.3 Å². The minimum atomic E-state index is 0.839. The van der Waals surface area contributed by atoms with Crippen molar-refractivity contribution in [2.24, 2.45) is 11.8 Å². The van der Waals surface area contributed by atoms with Crippen LogP contribution in [0.25, 0.3) is 0 Å². The Kier molecular flexibility index (Phi) is 6.88. The molecule has 1 aliphatic carbocycles. The summed E-state index contributed by atoms with van der Waals surface area (Å²) in [4.78, 5) is 0. The lowest BCUT2D eigenvalue weighted by Crippen LogP contribution is -2.31. The SMILES string of the molecule is c1ccc(CNCC2CCCC(CNCc3ccccc3)C2)cc1. The van der Waals surface area contributed by atoms with Crippen molar-refractivity contribution in [2.45, 2.75) is 38.8 Å². The van der Waals surface area contributed by atoms with Gasteiger partial charge in [-0.15, -0.1) is 0 Å². The molecule has 3 rings (SSSR count). The monoisotopic (exact) mass is 322 g/mol. The quantitative estimate of drug-likeness (QED) is 0.754. The first-order chi connectivity index (χ1) is 11.9. The minimum Gasteiger partial charge on any atom is -0.312 e. The molecule has 1 saturated carbocycles. The molecule has 1 fully saturated rings. The normalized spacial score (nSPS) is 20.8. The second-order valence-electron chi connectivity index (χ2n) is 7.13. The largest absolute Gasteiger partial charge is 0.312 e. The van der Waals surface area contributed by atoms with E-state index >= 15 is 0 Å². The molecule has 2 nitrogen and oxygen atoms in total. The number of nitrogens with one attached hydrogen (secondary N) is 2. The molecule has 0 bridgehead atoms.